The van der Waals surface area contributed by atoms with E-state index in [1.807, 2.05) is 59.4 Å². The predicted molar refractivity (Wildman–Crippen MR) is 93.1 cm³/mol. The van der Waals surface area contributed by atoms with Crippen LogP contribution in [0.1, 0.15) is 41.5 Å². The van der Waals surface area contributed by atoms with Gasteiger partial charge in [0.15, 0.2) is 0 Å². The first-order valence-corrected chi connectivity index (χ1v) is 8.63. The van der Waals surface area contributed by atoms with Crippen LogP contribution in [0.5, 0.6) is 0 Å². The molecule has 0 saturated carbocycles. The number of carbonyl (C=O) groups excluding carboxylic acids is 1. The molecule has 21 heavy (non-hydrogen) atoms. The van der Waals surface area contributed by atoms with E-state index >= 15 is 0 Å². The first-order valence-electron chi connectivity index (χ1n) is 7.48. The van der Waals surface area contributed by atoms with Crippen LogP contribution < -0.4 is 5.32 Å². The van der Waals surface area contributed by atoms with Crippen LogP contribution in [0, 0.1) is 0 Å². The van der Waals surface area contributed by atoms with Gasteiger partial charge in [-0.3, -0.25) is 0 Å². The molecule has 124 valence electrons. The molecule has 0 aliphatic carbocycles. The Morgan fingerprint density at radius 3 is 2.33 bits per heavy atom. The number of amides is 1. The molecular formula is C16H32N2O2S. The summed E-state index contributed by atoms with van der Waals surface area (Å²) < 4.78 is 5.48. The summed E-state index contributed by atoms with van der Waals surface area (Å²) in [4.78, 5) is 14.1. The summed E-state index contributed by atoms with van der Waals surface area (Å²) in [5.41, 5.74) is -0.711. The quantitative estimate of drug-likeness (QED) is 0.549. The summed E-state index contributed by atoms with van der Waals surface area (Å²) in [6.45, 7) is 17.8. The van der Waals surface area contributed by atoms with Crippen LogP contribution in [0.2, 0.25) is 0 Å². The second kappa shape index (κ2) is 9.36. The Morgan fingerprint density at radius 1 is 1.24 bits per heavy atom. The Hall–Kier alpha value is -0.680. The van der Waals surface area contributed by atoms with Crippen molar-refractivity contribution in [1.82, 2.24) is 10.2 Å². The van der Waals surface area contributed by atoms with Gasteiger partial charge in [-0.2, -0.15) is 11.8 Å². The molecule has 0 bridgehead atoms. The molecule has 0 aromatic carbocycles. The molecule has 0 aliphatic rings. The van der Waals surface area contributed by atoms with Crippen LogP contribution in [0.3, 0.4) is 0 Å². The van der Waals surface area contributed by atoms with Crippen LogP contribution in [0.25, 0.3) is 0 Å². The van der Waals surface area contributed by atoms with E-state index in [9.17, 15) is 4.79 Å². The fourth-order valence-electron chi connectivity index (χ4n) is 1.64. The van der Waals surface area contributed by atoms with Gasteiger partial charge in [0.25, 0.3) is 0 Å². The SMILES string of the molecule is C=CCSCCNCCN(C(=O)OC(C)(C)C)C(C)(C)C. The lowest BCUT2D eigenvalue weighted by atomic mass is 10.1. The van der Waals surface area contributed by atoms with Gasteiger partial charge in [-0.25, -0.2) is 4.79 Å². The van der Waals surface area contributed by atoms with Crippen LogP contribution in [-0.2, 0) is 4.74 Å². The summed E-state index contributed by atoms with van der Waals surface area (Å²) in [5, 5.41) is 3.36. The fraction of sp³-hybridized carbons (Fsp3) is 0.812. The Balaban J connectivity index is 4.21. The third kappa shape index (κ3) is 10.7. The maximum atomic E-state index is 12.3. The van der Waals surface area contributed by atoms with Crippen molar-refractivity contribution in [3.05, 3.63) is 12.7 Å². The molecule has 0 fully saturated rings. The van der Waals surface area contributed by atoms with Crippen molar-refractivity contribution in [1.29, 1.82) is 0 Å². The van der Waals surface area contributed by atoms with E-state index in [4.69, 9.17) is 4.74 Å². The first-order chi connectivity index (χ1) is 9.58. The van der Waals surface area contributed by atoms with Crippen LogP contribution in [-0.4, -0.2) is 53.3 Å². The molecule has 0 saturated heterocycles. The summed E-state index contributed by atoms with van der Waals surface area (Å²) in [5.74, 6) is 2.03. The molecule has 4 nitrogen and oxygen atoms in total. The molecule has 0 spiro atoms. The van der Waals surface area contributed by atoms with Crippen molar-refractivity contribution < 1.29 is 9.53 Å². The zero-order chi connectivity index (χ0) is 16.5. The maximum Gasteiger partial charge on any atom is 0.410 e. The number of carbonyl (C=O) groups is 1. The van der Waals surface area contributed by atoms with E-state index in [2.05, 4.69) is 11.9 Å². The van der Waals surface area contributed by atoms with Gasteiger partial charge in [0.05, 0.1) is 0 Å². The van der Waals surface area contributed by atoms with Gasteiger partial charge in [-0.05, 0) is 41.5 Å². The molecule has 5 heteroatoms. The van der Waals surface area contributed by atoms with Gasteiger partial charge in [0, 0.05) is 36.7 Å². The average Bonchev–Trinajstić information content (AvgIpc) is 2.28. The Labute approximate surface area is 134 Å². The summed E-state index contributed by atoms with van der Waals surface area (Å²) in [6.07, 6.45) is 1.66. The van der Waals surface area contributed by atoms with E-state index in [0.29, 0.717) is 6.54 Å². The lowest BCUT2D eigenvalue weighted by molar-refractivity contribution is 0.00669. The van der Waals surface area contributed by atoms with Crippen molar-refractivity contribution >= 4 is 17.9 Å². The minimum absolute atomic E-state index is 0.248. The number of thioether (sulfide) groups is 1. The molecule has 0 heterocycles. The third-order valence-corrected chi connectivity index (χ3v) is 3.56. The number of ether oxygens (including phenoxy) is 1. The molecule has 0 radical (unpaired) electrons. The van der Waals surface area contributed by atoms with E-state index < -0.39 is 5.60 Å². The number of rotatable bonds is 8. The van der Waals surface area contributed by atoms with E-state index in [1.54, 1.807) is 4.90 Å². The number of nitrogens with zero attached hydrogens (tertiary/aromatic N) is 1. The first kappa shape index (κ1) is 20.3. The van der Waals surface area contributed by atoms with Crippen molar-refractivity contribution in [2.75, 3.05) is 31.1 Å². The predicted octanol–water partition coefficient (Wildman–Crippen LogP) is 3.53. The molecule has 0 aliphatic heterocycles. The lowest BCUT2D eigenvalue weighted by Crippen LogP contribution is -2.50. The summed E-state index contributed by atoms with van der Waals surface area (Å²) in [7, 11) is 0. The highest BCUT2D eigenvalue weighted by atomic mass is 32.2. The Morgan fingerprint density at radius 2 is 1.86 bits per heavy atom. The highest BCUT2D eigenvalue weighted by Gasteiger charge is 2.30. The largest absolute Gasteiger partial charge is 0.444 e. The normalized spacial score (nSPS) is 12.1. The number of hydrogen-bond donors (Lipinski definition) is 1. The van der Waals surface area contributed by atoms with Gasteiger partial charge >= 0.3 is 6.09 Å². The zero-order valence-corrected chi connectivity index (χ0v) is 15.3. The van der Waals surface area contributed by atoms with E-state index in [-0.39, 0.29) is 11.6 Å². The highest BCUT2D eigenvalue weighted by Crippen LogP contribution is 2.17. The van der Waals surface area contributed by atoms with Gasteiger partial charge < -0.3 is 15.0 Å². The monoisotopic (exact) mass is 316 g/mol. The molecule has 0 aromatic heterocycles. The molecule has 0 unspecified atom stereocenters. The van der Waals surface area contributed by atoms with Crippen molar-refractivity contribution in [3.8, 4) is 0 Å². The van der Waals surface area contributed by atoms with Crippen LogP contribution in [0.15, 0.2) is 12.7 Å². The van der Waals surface area contributed by atoms with Crippen molar-refractivity contribution in [2.45, 2.75) is 52.7 Å². The minimum Gasteiger partial charge on any atom is -0.444 e. The molecule has 1 N–H and O–H groups in total. The van der Waals surface area contributed by atoms with Crippen molar-refractivity contribution in [2.24, 2.45) is 0 Å². The lowest BCUT2D eigenvalue weighted by Gasteiger charge is -2.36. The number of nitrogens with one attached hydrogen (secondary N) is 1. The minimum atomic E-state index is -0.463. The van der Waals surface area contributed by atoms with Gasteiger partial charge in [0.2, 0.25) is 0 Å². The Bertz CT molecular complexity index is 319. The van der Waals surface area contributed by atoms with Gasteiger partial charge in [-0.15, -0.1) is 6.58 Å². The van der Waals surface area contributed by atoms with E-state index in [1.165, 1.54) is 0 Å². The third-order valence-electron chi connectivity index (χ3n) is 2.59. The fourth-order valence-corrected chi connectivity index (χ4v) is 2.27. The second-order valence-corrected chi connectivity index (χ2v) is 8.07. The maximum absolute atomic E-state index is 12.3. The molecule has 0 aromatic rings. The molecule has 0 atom stereocenters. The Kier molecular flexibility index (Phi) is 9.06. The van der Waals surface area contributed by atoms with Crippen LogP contribution in [0.4, 0.5) is 4.79 Å². The molecule has 1 amide bonds. The summed E-state index contributed by atoms with van der Waals surface area (Å²) >= 11 is 1.85. The van der Waals surface area contributed by atoms with Gasteiger partial charge in [0.1, 0.15) is 5.60 Å². The smallest absolute Gasteiger partial charge is 0.410 e. The molecular weight excluding hydrogens is 284 g/mol. The molecule has 0 rings (SSSR count). The standard InChI is InChI=1S/C16H32N2O2S/c1-8-12-21-13-10-17-9-11-18(15(2,3)4)14(19)20-16(5,6)7/h8,17H,1,9-13H2,2-7H3. The highest BCUT2D eigenvalue weighted by molar-refractivity contribution is 7.99. The number of hydrogen-bond acceptors (Lipinski definition) is 4. The van der Waals surface area contributed by atoms with Gasteiger partial charge in [-0.1, -0.05) is 6.08 Å². The second-order valence-electron chi connectivity index (χ2n) is 6.92. The van der Waals surface area contributed by atoms with Crippen molar-refractivity contribution in [3.63, 3.8) is 0 Å². The zero-order valence-electron chi connectivity index (χ0n) is 14.5. The van der Waals surface area contributed by atoms with E-state index in [0.717, 1.165) is 24.6 Å². The summed E-state index contributed by atoms with van der Waals surface area (Å²) in [6, 6.07) is 0. The average molecular weight is 317 g/mol. The van der Waals surface area contributed by atoms with Crippen LogP contribution >= 0.6 is 11.8 Å². The topological polar surface area (TPSA) is 41.6 Å².